The highest BCUT2D eigenvalue weighted by molar-refractivity contribution is 5.80. The van der Waals surface area contributed by atoms with Crippen LogP contribution in [0.25, 0.3) is 0 Å². The van der Waals surface area contributed by atoms with Gasteiger partial charge in [0.1, 0.15) is 0 Å². The molecule has 0 saturated carbocycles. The van der Waals surface area contributed by atoms with E-state index in [2.05, 4.69) is 54.5 Å². The molecule has 1 fully saturated rings. The monoisotopic (exact) mass is 387 g/mol. The molecular weight excluding hydrogens is 350 g/mol. The maximum absolute atomic E-state index is 11.9. The van der Waals surface area contributed by atoms with E-state index < -0.39 is 0 Å². The molecule has 0 radical (unpaired) electrons. The van der Waals surface area contributed by atoms with E-state index in [0.717, 1.165) is 51.4 Å². The Bertz CT molecular complexity index is 643. The van der Waals surface area contributed by atoms with Gasteiger partial charge in [0.2, 0.25) is 5.91 Å². The van der Waals surface area contributed by atoms with E-state index in [9.17, 15) is 4.79 Å². The van der Waals surface area contributed by atoms with Crippen molar-refractivity contribution >= 4 is 11.9 Å². The maximum atomic E-state index is 11.9. The summed E-state index contributed by atoms with van der Waals surface area (Å²) in [7, 11) is 3.63. The Labute approximate surface area is 170 Å². The van der Waals surface area contributed by atoms with Crippen LogP contribution in [0.4, 0.5) is 0 Å². The molecule has 0 aromatic heterocycles. The number of piperidine rings is 1. The Balaban J connectivity index is 1.82. The SMILES string of the molecule is CCNC(=NCCc1cc(C)cc(C)c1)NC1CCN(CC(=O)N(C)C)CC1. The minimum Gasteiger partial charge on any atom is -0.357 e. The van der Waals surface area contributed by atoms with Crippen molar-refractivity contribution < 1.29 is 4.79 Å². The molecule has 0 atom stereocenters. The van der Waals surface area contributed by atoms with Crippen LogP contribution in [0.5, 0.6) is 0 Å². The quantitative estimate of drug-likeness (QED) is 0.555. The number of amides is 1. The van der Waals surface area contributed by atoms with Crippen molar-refractivity contribution in [2.45, 2.75) is 46.1 Å². The minimum absolute atomic E-state index is 0.174. The Kier molecular flexibility index (Phi) is 8.77. The van der Waals surface area contributed by atoms with Crippen molar-refractivity contribution in [3.05, 3.63) is 34.9 Å². The second-order valence-electron chi connectivity index (χ2n) is 7.99. The molecule has 1 heterocycles. The summed E-state index contributed by atoms with van der Waals surface area (Å²) in [4.78, 5) is 20.5. The molecule has 156 valence electrons. The lowest BCUT2D eigenvalue weighted by Crippen LogP contribution is -2.50. The number of rotatable bonds is 7. The summed E-state index contributed by atoms with van der Waals surface area (Å²) >= 11 is 0. The van der Waals surface area contributed by atoms with Crippen LogP contribution in [-0.2, 0) is 11.2 Å². The fourth-order valence-corrected chi connectivity index (χ4v) is 3.59. The molecular formula is C22H37N5O. The summed E-state index contributed by atoms with van der Waals surface area (Å²) in [5.74, 6) is 1.07. The molecule has 6 nitrogen and oxygen atoms in total. The smallest absolute Gasteiger partial charge is 0.236 e. The van der Waals surface area contributed by atoms with E-state index in [4.69, 9.17) is 4.99 Å². The van der Waals surface area contributed by atoms with E-state index in [1.807, 2.05) is 14.1 Å². The van der Waals surface area contributed by atoms with Crippen molar-refractivity contribution in [3.8, 4) is 0 Å². The largest absolute Gasteiger partial charge is 0.357 e. The van der Waals surface area contributed by atoms with E-state index in [1.54, 1.807) is 4.90 Å². The van der Waals surface area contributed by atoms with Gasteiger partial charge in [-0.3, -0.25) is 14.7 Å². The Morgan fingerprint density at radius 3 is 2.39 bits per heavy atom. The number of hydrogen-bond donors (Lipinski definition) is 2. The first-order valence-electron chi connectivity index (χ1n) is 10.4. The molecule has 6 heteroatoms. The van der Waals surface area contributed by atoms with Crippen molar-refractivity contribution in [3.63, 3.8) is 0 Å². The molecule has 1 saturated heterocycles. The summed E-state index contributed by atoms with van der Waals surface area (Å²) in [6.45, 7) is 10.4. The Morgan fingerprint density at radius 1 is 1.18 bits per heavy atom. The molecule has 0 unspecified atom stereocenters. The van der Waals surface area contributed by atoms with E-state index in [-0.39, 0.29) is 5.91 Å². The van der Waals surface area contributed by atoms with Crippen LogP contribution in [-0.4, -0.2) is 74.5 Å². The number of nitrogens with one attached hydrogen (secondary N) is 2. The third kappa shape index (κ3) is 7.50. The number of carbonyl (C=O) groups excluding carboxylic acids is 1. The fraction of sp³-hybridized carbons (Fsp3) is 0.636. The highest BCUT2D eigenvalue weighted by Crippen LogP contribution is 2.11. The standard InChI is InChI=1S/C22H37N5O/c1-6-23-22(24-10-7-19-14-17(2)13-18(3)15-19)25-20-8-11-27(12-9-20)16-21(28)26(4)5/h13-15,20H,6-12,16H2,1-5H3,(H2,23,24,25). The molecule has 1 aliphatic heterocycles. The van der Waals surface area contributed by atoms with Crippen LogP contribution in [0.2, 0.25) is 0 Å². The van der Waals surface area contributed by atoms with Gasteiger partial charge in [-0.25, -0.2) is 0 Å². The highest BCUT2D eigenvalue weighted by Gasteiger charge is 2.21. The normalized spacial score (nSPS) is 16.1. The minimum atomic E-state index is 0.174. The zero-order chi connectivity index (χ0) is 20.5. The van der Waals surface area contributed by atoms with Crippen LogP contribution in [0.1, 0.15) is 36.5 Å². The lowest BCUT2D eigenvalue weighted by atomic mass is 10.0. The number of nitrogens with zero attached hydrogens (tertiary/aromatic N) is 3. The summed E-state index contributed by atoms with van der Waals surface area (Å²) < 4.78 is 0. The van der Waals surface area contributed by atoms with Gasteiger partial charge in [0, 0.05) is 46.3 Å². The van der Waals surface area contributed by atoms with Crippen molar-refractivity contribution in [2.24, 2.45) is 4.99 Å². The van der Waals surface area contributed by atoms with E-state index in [0.29, 0.717) is 12.6 Å². The fourth-order valence-electron chi connectivity index (χ4n) is 3.59. The van der Waals surface area contributed by atoms with E-state index >= 15 is 0 Å². The van der Waals surface area contributed by atoms with Gasteiger partial charge in [-0.05, 0) is 45.6 Å². The molecule has 0 bridgehead atoms. The van der Waals surface area contributed by atoms with Gasteiger partial charge >= 0.3 is 0 Å². The summed E-state index contributed by atoms with van der Waals surface area (Å²) in [5, 5.41) is 6.94. The average molecular weight is 388 g/mol. The molecule has 0 aliphatic carbocycles. The molecule has 1 aromatic rings. The van der Waals surface area contributed by atoms with E-state index in [1.165, 1.54) is 16.7 Å². The molecule has 1 amide bonds. The zero-order valence-corrected chi connectivity index (χ0v) is 18.2. The number of benzene rings is 1. The van der Waals surface area contributed by atoms with Gasteiger partial charge in [-0.2, -0.15) is 0 Å². The highest BCUT2D eigenvalue weighted by atomic mass is 16.2. The summed E-state index contributed by atoms with van der Waals surface area (Å²) in [5.41, 5.74) is 3.96. The first kappa shape index (κ1) is 22.2. The molecule has 2 rings (SSSR count). The predicted molar refractivity (Wildman–Crippen MR) is 117 cm³/mol. The predicted octanol–water partition coefficient (Wildman–Crippen LogP) is 1.95. The van der Waals surface area contributed by atoms with Crippen LogP contribution >= 0.6 is 0 Å². The number of guanidine groups is 1. The van der Waals surface area contributed by atoms with Gasteiger partial charge in [-0.1, -0.05) is 29.3 Å². The van der Waals surface area contributed by atoms with Crippen LogP contribution in [0, 0.1) is 13.8 Å². The first-order chi connectivity index (χ1) is 13.4. The molecule has 28 heavy (non-hydrogen) atoms. The van der Waals surface area contributed by atoms with Crippen LogP contribution in [0.3, 0.4) is 0 Å². The molecule has 2 N–H and O–H groups in total. The Hall–Kier alpha value is -2.08. The molecule has 0 spiro atoms. The average Bonchev–Trinajstić information content (AvgIpc) is 2.62. The number of aliphatic imine (C=N–C) groups is 1. The number of hydrogen-bond acceptors (Lipinski definition) is 3. The Morgan fingerprint density at radius 2 is 1.82 bits per heavy atom. The van der Waals surface area contributed by atoms with Crippen molar-refractivity contribution in [1.82, 2.24) is 20.4 Å². The topological polar surface area (TPSA) is 60.0 Å². The van der Waals surface area contributed by atoms with Gasteiger partial charge < -0.3 is 15.5 Å². The van der Waals surface area contributed by atoms with Crippen LogP contribution < -0.4 is 10.6 Å². The summed E-state index contributed by atoms with van der Waals surface area (Å²) in [6.07, 6.45) is 3.01. The first-order valence-corrected chi connectivity index (χ1v) is 10.4. The number of likely N-dealkylation sites (N-methyl/N-ethyl adjacent to an activating group) is 1. The lowest BCUT2D eigenvalue weighted by molar-refractivity contribution is -0.130. The van der Waals surface area contributed by atoms with Gasteiger partial charge in [0.25, 0.3) is 0 Å². The molecule has 1 aromatic carbocycles. The second kappa shape index (κ2) is 11.1. The van der Waals surface area contributed by atoms with Crippen LogP contribution in [0.15, 0.2) is 23.2 Å². The maximum Gasteiger partial charge on any atom is 0.236 e. The zero-order valence-electron chi connectivity index (χ0n) is 18.2. The number of likely N-dealkylation sites (tertiary alicyclic amines) is 1. The third-order valence-electron chi connectivity index (χ3n) is 5.08. The third-order valence-corrected chi connectivity index (χ3v) is 5.08. The van der Waals surface area contributed by atoms with Gasteiger partial charge in [0.05, 0.1) is 6.54 Å². The van der Waals surface area contributed by atoms with Gasteiger partial charge in [0.15, 0.2) is 5.96 Å². The second-order valence-corrected chi connectivity index (χ2v) is 7.99. The molecule has 1 aliphatic rings. The van der Waals surface area contributed by atoms with Crippen molar-refractivity contribution in [1.29, 1.82) is 0 Å². The lowest BCUT2D eigenvalue weighted by Gasteiger charge is -2.33. The summed E-state index contributed by atoms with van der Waals surface area (Å²) in [6, 6.07) is 7.10. The number of carbonyl (C=O) groups is 1. The van der Waals surface area contributed by atoms with Gasteiger partial charge in [-0.15, -0.1) is 0 Å². The van der Waals surface area contributed by atoms with Crippen molar-refractivity contribution in [2.75, 3.05) is 46.8 Å². The number of aryl methyl sites for hydroxylation is 2.